The highest BCUT2D eigenvalue weighted by Crippen LogP contribution is 2.25. The molecule has 2 aromatic carbocycles. The summed E-state index contributed by atoms with van der Waals surface area (Å²) in [4.78, 5) is 0. The fourth-order valence-electron chi connectivity index (χ4n) is 2.54. The Morgan fingerprint density at radius 2 is 1.55 bits per heavy atom. The lowest BCUT2D eigenvalue weighted by atomic mass is 9.84. The Hall–Kier alpha value is -1.64. The summed E-state index contributed by atoms with van der Waals surface area (Å²) in [5.41, 5.74) is 1.97. The first-order valence-corrected chi connectivity index (χ1v) is 7.26. The molecule has 0 fully saturated rings. The maximum atomic E-state index is 10.1. The lowest BCUT2D eigenvalue weighted by Crippen LogP contribution is -2.47. The van der Waals surface area contributed by atoms with E-state index in [2.05, 4.69) is 36.5 Å². The maximum absolute atomic E-state index is 10.1. The van der Waals surface area contributed by atoms with Crippen LogP contribution in [0.4, 0.5) is 0 Å². The molecular weight excluding hydrogens is 246 g/mol. The highest BCUT2D eigenvalue weighted by Gasteiger charge is 2.30. The molecule has 0 saturated carbocycles. The molecule has 0 bridgehead atoms. The molecule has 1 atom stereocenters. The highest BCUT2D eigenvalue weighted by atomic mass is 16.3. The van der Waals surface area contributed by atoms with Crippen LogP contribution in [-0.4, -0.2) is 18.3 Å². The topological polar surface area (TPSA) is 32.3 Å². The molecule has 2 N–H and O–H groups in total. The van der Waals surface area contributed by atoms with Crippen molar-refractivity contribution in [2.75, 3.05) is 13.2 Å². The Morgan fingerprint density at radius 1 is 0.950 bits per heavy atom. The van der Waals surface area contributed by atoms with Crippen molar-refractivity contribution in [3.8, 4) is 0 Å². The smallest absolute Gasteiger partial charge is 0.0709 e. The van der Waals surface area contributed by atoms with Gasteiger partial charge in [0.25, 0.3) is 0 Å². The van der Waals surface area contributed by atoms with Crippen LogP contribution in [0.2, 0.25) is 0 Å². The number of aliphatic hydroxyl groups excluding tert-OH is 1. The van der Waals surface area contributed by atoms with Gasteiger partial charge >= 0.3 is 0 Å². The summed E-state index contributed by atoms with van der Waals surface area (Å²) in [5.74, 6) is 0. The van der Waals surface area contributed by atoms with Crippen molar-refractivity contribution in [1.29, 1.82) is 0 Å². The first-order valence-electron chi connectivity index (χ1n) is 7.26. The molecule has 2 heteroatoms. The lowest BCUT2D eigenvalue weighted by molar-refractivity contribution is 0.159. The number of nitrogens with one attached hydrogen (secondary N) is 1. The quantitative estimate of drug-likeness (QED) is 0.809. The molecule has 0 aliphatic rings. The number of hydrogen-bond donors (Lipinski definition) is 2. The summed E-state index contributed by atoms with van der Waals surface area (Å²) >= 11 is 0. The Balaban J connectivity index is 2.32. The van der Waals surface area contributed by atoms with Gasteiger partial charge in [-0.2, -0.15) is 0 Å². The molecule has 1 unspecified atom stereocenters. The van der Waals surface area contributed by atoms with Gasteiger partial charge in [-0.15, -0.1) is 0 Å². The van der Waals surface area contributed by atoms with Gasteiger partial charge in [0.1, 0.15) is 0 Å². The molecule has 0 amide bonds. The zero-order valence-corrected chi connectivity index (χ0v) is 12.0. The normalized spacial score (nSPS) is 13.9. The van der Waals surface area contributed by atoms with Gasteiger partial charge in [0.15, 0.2) is 0 Å². The molecule has 2 aromatic rings. The third-order valence-corrected chi connectivity index (χ3v) is 3.66. The predicted molar refractivity (Wildman–Crippen MR) is 83.6 cm³/mol. The van der Waals surface area contributed by atoms with Crippen LogP contribution in [0.15, 0.2) is 60.7 Å². The minimum atomic E-state index is -0.404. The monoisotopic (exact) mass is 269 g/mol. The van der Waals surface area contributed by atoms with Gasteiger partial charge in [0.2, 0.25) is 0 Å². The minimum Gasteiger partial charge on any atom is -0.394 e. The van der Waals surface area contributed by atoms with Crippen LogP contribution < -0.4 is 5.32 Å². The minimum absolute atomic E-state index is 0.0892. The Labute approximate surface area is 121 Å². The van der Waals surface area contributed by atoms with Crippen LogP contribution in [0.1, 0.15) is 24.5 Å². The van der Waals surface area contributed by atoms with Gasteiger partial charge in [-0.25, -0.2) is 0 Å². The third-order valence-electron chi connectivity index (χ3n) is 3.66. The molecule has 0 radical (unpaired) electrons. The summed E-state index contributed by atoms with van der Waals surface area (Å²) in [7, 11) is 0. The second-order valence-electron chi connectivity index (χ2n) is 5.20. The van der Waals surface area contributed by atoms with E-state index in [9.17, 15) is 5.11 Å². The van der Waals surface area contributed by atoms with Crippen molar-refractivity contribution < 1.29 is 5.11 Å². The van der Waals surface area contributed by atoms with Crippen LogP contribution in [-0.2, 0) is 12.0 Å². The summed E-state index contributed by atoms with van der Waals surface area (Å²) in [6, 6.07) is 20.6. The molecule has 2 nitrogen and oxygen atoms in total. The largest absolute Gasteiger partial charge is 0.394 e. The average Bonchev–Trinajstić information content (AvgIpc) is 2.53. The van der Waals surface area contributed by atoms with Crippen molar-refractivity contribution in [3.63, 3.8) is 0 Å². The van der Waals surface area contributed by atoms with Gasteiger partial charge < -0.3 is 10.4 Å². The first kappa shape index (κ1) is 14.8. The van der Waals surface area contributed by atoms with Crippen molar-refractivity contribution in [2.24, 2.45) is 0 Å². The second-order valence-corrected chi connectivity index (χ2v) is 5.20. The number of hydrogen-bond acceptors (Lipinski definition) is 2. The van der Waals surface area contributed by atoms with Crippen LogP contribution in [0.3, 0.4) is 0 Å². The second kappa shape index (κ2) is 7.22. The van der Waals surface area contributed by atoms with Gasteiger partial charge in [-0.05, 0) is 30.5 Å². The van der Waals surface area contributed by atoms with Crippen molar-refractivity contribution in [2.45, 2.75) is 25.3 Å². The predicted octanol–water partition coefficient (Wildman–Crippen LogP) is 3.12. The van der Waals surface area contributed by atoms with E-state index in [0.717, 1.165) is 24.9 Å². The fourth-order valence-corrected chi connectivity index (χ4v) is 2.54. The summed E-state index contributed by atoms with van der Waals surface area (Å²) in [5, 5.41) is 13.6. The van der Waals surface area contributed by atoms with Crippen LogP contribution >= 0.6 is 0 Å². The van der Waals surface area contributed by atoms with E-state index in [1.807, 2.05) is 36.4 Å². The first-order chi connectivity index (χ1) is 9.80. The number of benzene rings is 2. The number of rotatable bonds is 7. The van der Waals surface area contributed by atoms with E-state index in [1.54, 1.807) is 0 Å². The molecular formula is C18H23NO. The van der Waals surface area contributed by atoms with Crippen LogP contribution in [0.5, 0.6) is 0 Å². The van der Waals surface area contributed by atoms with Gasteiger partial charge in [0, 0.05) is 0 Å². The van der Waals surface area contributed by atoms with Crippen LogP contribution in [0.25, 0.3) is 0 Å². The standard InChI is InChI=1S/C18H23NO/c1-2-13-19-18(15-20,17-11-7-4-8-12-17)14-16-9-5-3-6-10-16/h3-12,19-20H,2,13-15H2,1H3. The number of aliphatic hydroxyl groups is 1. The van der Waals surface area contributed by atoms with Gasteiger partial charge in [0.05, 0.1) is 12.1 Å². The van der Waals surface area contributed by atoms with Crippen molar-refractivity contribution in [3.05, 3.63) is 71.8 Å². The maximum Gasteiger partial charge on any atom is 0.0709 e. The SMILES string of the molecule is CCCNC(CO)(Cc1ccccc1)c1ccccc1. The highest BCUT2D eigenvalue weighted by molar-refractivity contribution is 5.29. The molecule has 2 rings (SSSR count). The molecule has 106 valence electrons. The molecule has 0 aliphatic carbocycles. The average molecular weight is 269 g/mol. The van der Waals surface area contributed by atoms with E-state index in [-0.39, 0.29) is 6.61 Å². The fraction of sp³-hybridized carbons (Fsp3) is 0.333. The van der Waals surface area contributed by atoms with E-state index < -0.39 is 5.54 Å². The van der Waals surface area contributed by atoms with E-state index in [1.165, 1.54) is 5.56 Å². The zero-order valence-electron chi connectivity index (χ0n) is 12.0. The Kier molecular flexibility index (Phi) is 5.33. The van der Waals surface area contributed by atoms with E-state index in [4.69, 9.17) is 0 Å². The molecule has 0 aliphatic heterocycles. The van der Waals surface area contributed by atoms with Crippen molar-refractivity contribution in [1.82, 2.24) is 5.32 Å². The van der Waals surface area contributed by atoms with E-state index in [0.29, 0.717) is 0 Å². The molecule has 0 spiro atoms. The van der Waals surface area contributed by atoms with E-state index >= 15 is 0 Å². The molecule has 20 heavy (non-hydrogen) atoms. The lowest BCUT2D eigenvalue weighted by Gasteiger charge is -2.34. The molecule has 0 aromatic heterocycles. The molecule has 0 heterocycles. The van der Waals surface area contributed by atoms with Gasteiger partial charge in [-0.1, -0.05) is 67.6 Å². The van der Waals surface area contributed by atoms with Crippen molar-refractivity contribution >= 4 is 0 Å². The Morgan fingerprint density at radius 3 is 2.10 bits per heavy atom. The summed E-state index contributed by atoms with van der Waals surface area (Å²) in [6.45, 7) is 3.12. The van der Waals surface area contributed by atoms with Gasteiger partial charge in [-0.3, -0.25) is 0 Å². The summed E-state index contributed by atoms with van der Waals surface area (Å²) in [6.07, 6.45) is 1.83. The summed E-state index contributed by atoms with van der Waals surface area (Å²) < 4.78 is 0. The Bertz CT molecular complexity index is 497. The van der Waals surface area contributed by atoms with Crippen LogP contribution in [0, 0.1) is 0 Å². The zero-order chi connectivity index (χ0) is 14.3. The third kappa shape index (κ3) is 3.47. The molecule has 0 saturated heterocycles.